The first-order valence-corrected chi connectivity index (χ1v) is 8.35. The van der Waals surface area contributed by atoms with Gasteiger partial charge >= 0.3 is 5.97 Å². The molecule has 2 unspecified atom stereocenters. The molecule has 1 aliphatic rings. The number of aliphatic carboxylic acids is 1. The average molecular weight is 322 g/mol. The maximum atomic E-state index is 12.7. The van der Waals surface area contributed by atoms with Crippen LogP contribution in [0.2, 0.25) is 0 Å². The van der Waals surface area contributed by atoms with Gasteiger partial charge < -0.3 is 10.0 Å². The van der Waals surface area contributed by atoms with Gasteiger partial charge in [0.1, 0.15) is 6.04 Å². The number of thioether (sulfide) groups is 2. The molecule has 2 atom stereocenters. The fraction of sp³-hybridized carbons (Fsp3) is 0.357. The molecule has 0 saturated carbocycles. The fourth-order valence-electron chi connectivity index (χ4n) is 2.16. The highest BCUT2D eigenvalue weighted by Gasteiger charge is 2.40. The Kier molecular flexibility index (Phi) is 5.15. The molecule has 1 N–H and O–H groups in total. The van der Waals surface area contributed by atoms with Crippen molar-refractivity contribution in [3.63, 3.8) is 0 Å². The molecule has 1 aromatic rings. The third-order valence-corrected chi connectivity index (χ3v) is 5.31. The molecule has 1 fully saturated rings. The highest BCUT2D eigenvalue weighted by molar-refractivity contribution is 8.00. The van der Waals surface area contributed by atoms with Crippen LogP contribution in [0.3, 0.4) is 0 Å². The summed E-state index contributed by atoms with van der Waals surface area (Å²) in [6.45, 7) is 1.83. The topological polar surface area (TPSA) is 81.4 Å². The summed E-state index contributed by atoms with van der Waals surface area (Å²) in [4.78, 5) is 26.1. The maximum absolute atomic E-state index is 12.7. The van der Waals surface area contributed by atoms with Crippen molar-refractivity contribution in [2.24, 2.45) is 0 Å². The van der Waals surface area contributed by atoms with Gasteiger partial charge in [-0.25, -0.2) is 4.79 Å². The fourth-order valence-corrected chi connectivity index (χ4v) is 4.03. The van der Waals surface area contributed by atoms with Crippen molar-refractivity contribution in [1.82, 2.24) is 4.90 Å². The SMILES string of the molecule is CC1SCC(C(=O)O)N1C(=O)c1ccccc1SCC#N. The van der Waals surface area contributed by atoms with E-state index in [0.29, 0.717) is 16.2 Å². The van der Waals surface area contributed by atoms with Crippen LogP contribution in [0.4, 0.5) is 0 Å². The van der Waals surface area contributed by atoms with Gasteiger partial charge in [0.2, 0.25) is 0 Å². The Morgan fingerprint density at radius 2 is 2.24 bits per heavy atom. The van der Waals surface area contributed by atoms with Crippen molar-refractivity contribution in [2.75, 3.05) is 11.5 Å². The molecule has 0 aliphatic carbocycles. The Morgan fingerprint density at radius 3 is 2.90 bits per heavy atom. The summed E-state index contributed by atoms with van der Waals surface area (Å²) in [6.07, 6.45) is 0. The van der Waals surface area contributed by atoms with Crippen LogP contribution in [-0.2, 0) is 4.79 Å². The molecule has 0 radical (unpaired) electrons. The van der Waals surface area contributed by atoms with Crippen LogP contribution in [0.25, 0.3) is 0 Å². The van der Waals surface area contributed by atoms with E-state index in [1.165, 1.54) is 28.4 Å². The summed E-state index contributed by atoms with van der Waals surface area (Å²) >= 11 is 2.74. The van der Waals surface area contributed by atoms with Crippen LogP contribution in [0.1, 0.15) is 17.3 Å². The third kappa shape index (κ3) is 3.34. The lowest BCUT2D eigenvalue weighted by Crippen LogP contribution is -2.44. The van der Waals surface area contributed by atoms with Crippen molar-refractivity contribution in [3.05, 3.63) is 29.8 Å². The van der Waals surface area contributed by atoms with Gasteiger partial charge in [0.05, 0.1) is 22.8 Å². The van der Waals surface area contributed by atoms with E-state index in [2.05, 4.69) is 0 Å². The lowest BCUT2D eigenvalue weighted by molar-refractivity contribution is -0.141. The molecule has 1 aromatic carbocycles. The minimum atomic E-state index is -0.984. The molecule has 0 aromatic heterocycles. The predicted molar refractivity (Wildman–Crippen MR) is 82.3 cm³/mol. The average Bonchev–Trinajstić information content (AvgIpc) is 2.86. The summed E-state index contributed by atoms with van der Waals surface area (Å²) in [7, 11) is 0. The lowest BCUT2D eigenvalue weighted by Gasteiger charge is -2.25. The predicted octanol–water partition coefficient (Wildman–Crippen LogP) is 2.29. The summed E-state index contributed by atoms with van der Waals surface area (Å²) in [5, 5.41) is 17.8. The number of amides is 1. The van der Waals surface area contributed by atoms with Gasteiger partial charge in [-0.3, -0.25) is 4.79 Å². The van der Waals surface area contributed by atoms with Crippen LogP contribution >= 0.6 is 23.5 Å². The van der Waals surface area contributed by atoms with E-state index in [9.17, 15) is 14.7 Å². The number of carbonyl (C=O) groups is 2. The minimum absolute atomic E-state index is 0.173. The summed E-state index contributed by atoms with van der Waals surface area (Å²) in [5.41, 5.74) is 0.457. The summed E-state index contributed by atoms with van der Waals surface area (Å²) in [5.74, 6) is -0.629. The molecule has 2 rings (SSSR count). The van der Waals surface area contributed by atoms with E-state index in [-0.39, 0.29) is 17.0 Å². The second-order valence-electron chi connectivity index (χ2n) is 4.44. The van der Waals surface area contributed by atoms with E-state index in [0.717, 1.165) is 0 Å². The number of nitrogens with zero attached hydrogens (tertiary/aromatic N) is 2. The van der Waals surface area contributed by atoms with E-state index < -0.39 is 12.0 Å². The van der Waals surface area contributed by atoms with Gasteiger partial charge in [-0.05, 0) is 19.1 Å². The van der Waals surface area contributed by atoms with Gasteiger partial charge in [0, 0.05) is 10.6 Å². The molecule has 1 amide bonds. The molecule has 1 aliphatic heterocycles. The van der Waals surface area contributed by atoms with Gasteiger partial charge in [-0.1, -0.05) is 12.1 Å². The first-order valence-electron chi connectivity index (χ1n) is 6.32. The number of carbonyl (C=O) groups excluding carboxylic acids is 1. The lowest BCUT2D eigenvalue weighted by atomic mass is 10.1. The van der Waals surface area contributed by atoms with Crippen LogP contribution in [0, 0.1) is 11.3 Å². The molecule has 5 nitrogen and oxygen atoms in total. The molecule has 110 valence electrons. The Hall–Kier alpha value is -1.65. The van der Waals surface area contributed by atoms with Crippen molar-refractivity contribution < 1.29 is 14.7 Å². The molecule has 1 saturated heterocycles. The van der Waals surface area contributed by atoms with Crippen molar-refractivity contribution >= 4 is 35.4 Å². The number of nitriles is 1. The molecular weight excluding hydrogens is 308 g/mol. The Bertz CT molecular complexity index is 600. The zero-order valence-corrected chi connectivity index (χ0v) is 13.0. The zero-order valence-electron chi connectivity index (χ0n) is 11.4. The molecular formula is C14H14N2O3S2. The highest BCUT2D eigenvalue weighted by atomic mass is 32.2. The number of benzene rings is 1. The zero-order chi connectivity index (χ0) is 15.4. The van der Waals surface area contributed by atoms with E-state index in [4.69, 9.17) is 5.26 Å². The second-order valence-corrected chi connectivity index (χ2v) is 6.81. The third-order valence-electron chi connectivity index (χ3n) is 3.15. The van der Waals surface area contributed by atoms with Crippen molar-refractivity contribution in [1.29, 1.82) is 5.26 Å². The van der Waals surface area contributed by atoms with E-state index in [1.807, 2.05) is 13.0 Å². The Balaban J connectivity index is 2.31. The van der Waals surface area contributed by atoms with E-state index in [1.54, 1.807) is 24.3 Å². The molecule has 0 bridgehead atoms. The molecule has 0 spiro atoms. The number of carboxylic acid groups (broad SMARTS) is 1. The second kappa shape index (κ2) is 6.87. The number of carboxylic acids is 1. The van der Waals surface area contributed by atoms with Gasteiger partial charge in [0.25, 0.3) is 5.91 Å². The van der Waals surface area contributed by atoms with Crippen molar-refractivity contribution in [3.8, 4) is 6.07 Å². The normalized spacial score (nSPS) is 21.0. The number of hydrogen-bond donors (Lipinski definition) is 1. The van der Waals surface area contributed by atoms with E-state index >= 15 is 0 Å². The quantitative estimate of drug-likeness (QED) is 0.857. The van der Waals surface area contributed by atoms with Crippen LogP contribution in [-0.4, -0.2) is 44.8 Å². The monoisotopic (exact) mass is 322 g/mol. The smallest absolute Gasteiger partial charge is 0.327 e. The van der Waals surface area contributed by atoms with Crippen LogP contribution in [0.15, 0.2) is 29.2 Å². The van der Waals surface area contributed by atoms with Crippen LogP contribution < -0.4 is 0 Å². The number of hydrogen-bond acceptors (Lipinski definition) is 5. The van der Waals surface area contributed by atoms with Crippen molar-refractivity contribution in [2.45, 2.75) is 23.2 Å². The standard InChI is InChI=1S/C14H14N2O3S2/c1-9-16(11(8-21-9)14(18)19)13(17)10-4-2-3-5-12(10)20-7-6-15/h2-5,9,11H,7-8H2,1H3,(H,18,19). The Labute approximate surface area is 131 Å². The molecule has 21 heavy (non-hydrogen) atoms. The first kappa shape index (κ1) is 15.7. The summed E-state index contributed by atoms with van der Waals surface area (Å²) in [6, 6.07) is 8.22. The van der Waals surface area contributed by atoms with Gasteiger partial charge in [-0.2, -0.15) is 5.26 Å². The van der Waals surface area contributed by atoms with Gasteiger partial charge in [0.15, 0.2) is 0 Å². The number of rotatable bonds is 4. The Morgan fingerprint density at radius 1 is 1.52 bits per heavy atom. The largest absolute Gasteiger partial charge is 0.480 e. The highest BCUT2D eigenvalue weighted by Crippen LogP contribution is 2.32. The molecule has 7 heteroatoms. The maximum Gasteiger partial charge on any atom is 0.327 e. The molecule has 1 heterocycles. The van der Waals surface area contributed by atoms with Crippen LogP contribution in [0.5, 0.6) is 0 Å². The summed E-state index contributed by atoms with van der Waals surface area (Å²) < 4.78 is 0. The first-order chi connectivity index (χ1) is 10.1. The van der Waals surface area contributed by atoms with Gasteiger partial charge in [-0.15, -0.1) is 23.5 Å². The minimum Gasteiger partial charge on any atom is -0.480 e.